The molecule has 1 N–H and O–H groups in total. The third-order valence-electron chi connectivity index (χ3n) is 5.79. The number of hydrogen-bond acceptors (Lipinski definition) is 7. The number of nitrogens with one attached hydrogen (secondary N) is 1. The molecule has 24 heavy (non-hydrogen) atoms. The first-order valence-electron chi connectivity index (χ1n) is 9.68. The molecule has 7 heteroatoms. The molecule has 4 heterocycles. The van der Waals surface area contributed by atoms with Crippen molar-refractivity contribution >= 4 is 11.8 Å². The predicted octanol–water partition coefficient (Wildman–Crippen LogP) is 0.453. The van der Waals surface area contributed by atoms with E-state index in [4.69, 9.17) is 9.47 Å². The Morgan fingerprint density at radius 2 is 1.38 bits per heavy atom. The number of thioether (sulfide) groups is 1. The monoisotopic (exact) mass is 356 g/mol. The second-order valence-corrected chi connectivity index (χ2v) is 8.46. The lowest BCUT2D eigenvalue weighted by atomic mass is 10.1. The second-order valence-electron chi connectivity index (χ2n) is 7.16. The van der Waals surface area contributed by atoms with Gasteiger partial charge in [-0.15, -0.1) is 11.8 Å². The van der Waals surface area contributed by atoms with Gasteiger partial charge in [-0.1, -0.05) is 6.42 Å². The molecule has 0 spiro atoms. The zero-order chi connectivity index (χ0) is 16.2. The molecular weight excluding hydrogens is 324 g/mol. The van der Waals surface area contributed by atoms with Crippen molar-refractivity contribution in [1.29, 1.82) is 0 Å². The van der Waals surface area contributed by atoms with Crippen LogP contribution in [0, 0.1) is 0 Å². The molecule has 138 valence electrons. The molecule has 4 fully saturated rings. The third-order valence-corrected chi connectivity index (χ3v) is 7.37. The van der Waals surface area contributed by atoms with Crippen molar-refractivity contribution in [3.05, 3.63) is 0 Å². The normalized spacial score (nSPS) is 34.2. The van der Waals surface area contributed by atoms with Crippen LogP contribution >= 0.6 is 11.8 Å². The molecule has 0 aromatic heterocycles. The Morgan fingerprint density at radius 3 is 1.96 bits per heavy atom. The summed E-state index contributed by atoms with van der Waals surface area (Å²) in [6.07, 6.45) is 4.47. The fraction of sp³-hybridized carbons (Fsp3) is 1.00. The van der Waals surface area contributed by atoms with Crippen LogP contribution in [0.4, 0.5) is 0 Å². The standard InChI is InChI=1S/C17H32N4O2S/c1-2-5-19(6-3-1)16-17(24-15-4-18-16,20-7-11-22-12-8-20)21-9-13-23-14-10-21/h16,18H,1-15H2. The molecule has 0 aromatic rings. The van der Waals surface area contributed by atoms with Crippen molar-refractivity contribution in [2.45, 2.75) is 30.4 Å². The molecule has 4 saturated heterocycles. The average molecular weight is 357 g/mol. The molecule has 4 aliphatic rings. The number of hydrogen-bond donors (Lipinski definition) is 1. The van der Waals surface area contributed by atoms with E-state index < -0.39 is 0 Å². The lowest BCUT2D eigenvalue weighted by molar-refractivity contribution is -0.125. The SMILES string of the molecule is C1CCN(C2NCCSC2(N2CCOCC2)N2CCOCC2)CC1. The van der Waals surface area contributed by atoms with E-state index in [0.29, 0.717) is 6.17 Å². The van der Waals surface area contributed by atoms with Gasteiger partial charge in [-0.3, -0.25) is 20.0 Å². The molecule has 4 rings (SSSR count). The van der Waals surface area contributed by atoms with Crippen molar-refractivity contribution in [1.82, 2.24) is 20.0 Å². The van der Waals surface area contributed by atoms with Gasteiger partial charge < -0.3 is 9.47 Å². The second kappa shape index (κ2) is 8.20. The van der Waals surface area contributed by atoms with Crippen LogP contribution in [0.15, 0.2) is 0 Å². The van der Waals surface area contributed by atoms with E-state index in [1.54, 1.807) is 0 Å². The first kappa shape index (κ1) is 17.5. The predicted molar refractivity (Wildman–Crippen MR) is 97.2 cm³/mol. The highest BCUT2D eigenvalue weighted by atomic mass is 32.2. The van der Waals surface area contributed by atoms with Gasteiger partial charge in [0.15, 0.2) is 4.99 Å². The largest absolute Gasteiger partial charge is 0.379 e. The number of piperidine rings is 1. The molecule has 0 radical (unpaired) electrons. The zero-order valence-corrected chi connectivity index (χ0v) is 15.6. The Hall–Kier alpha value is 0.110. The molecular formula is C17H32N4O2S. The molecule has 0 saturated carbocycles. The van der Waals surface area contributed by atoms with Gasteiger partial charge in [0.05, 0.1) is 26.4 Å². The van der Waals surface area contributed by atoms with Crippen LogP contribution in [0.1, 0.15) is 19.3 Å². The Kier molecular flexibility index (Phi) is 5.99. The van der Waals surface area contributed by atoms with Crippen molar-refractivity contribution < 1.29 is 9.47 Å². The minimum atomic E-state index is 0.0309. The van der Waals surface area contributed by atoms with E-state index in [2.05, 4.69) is 31.8 Å². The summed E-state index contributed by atoms with van der Waals surface area (Å²) in [6.45, 7) is 11.2. The van der Waals surface area contributed by atoms with Gasteiger partial charge in [-0.25, -0.2) is 0 Å². The number of nitrogens with zero attached hydrogens (tertiary/aromatic N) is 3. The number of rotatable bonds is 3. The average Bonchev–Trinajstić information content (AvgIpc) is 2.70. The number of likely N-dealkylation sites (tertiary alicyclic amines) is 1. The topological polar surface area (TPSA) is 40.2 Å². The summed E-state index contributed by atoms with van der Waals surface area (Å²) in [7, 11) is 0. The smallest absolute Gasteiger partial charge is 0.152 e. The van der Waals surface area contributed by atoms with E-state index in [0.717, 1.165) is 59.2 Å². The van der Waals surface area contributed by atoms with E-state index >= 15 is 0 Å². The van der Waals surface area contributed by atoms with Gasteiger partial charge in [0.25, 0.3) is 0 Å². The van der Waals surface area contributed by atoms with E-state index in [1.165, 1.54) is 38.1 Å². The lowest BCUT2D eigenvalue weighted by Crippen LogP contribution is -2.77. The van der Waals surface area contributed by atoms with Gasteiger partial charge in [-0.2, -0.15) is 0 Å². The maximum atomic E-state index is 5.68. The summed E-state index contributed by atoms with van der Waals surface area (Å²) in [6, 6.07) is 0. The molecule has 0 amide bonds. The highest BCUT2D eigenvalue weighted by Gasteiger charge is 2.53. The molecule has 4 aliphatic heterocycles. The molecule has 0 aromatic carbocycles. The van der Waals surface area contributed by atoms with Crippen molar-refractivity contribution in [2.75, 3.05) is 78.0 Å². The van der Waals surface area contributed by atoms with Crippen LogP contribution in [0.25, 0.3) is 0 Å². The quantitative estimate of drug-likeness (QED) is 0.787. The van der Waals surface area contributed by atoms with Gasteiger partial charge in [0.1, 0.15) is 6.17 Å². The molecule has 1 atom stereocenters. The fourth-order valence-corrected chi connectivity index (χ4v) is 6.29. The minimum Gasteiger partial charge on any atom is -0.379 e. The summed E-state index contributed by atoms with van der Waals surface area (Å²) < 4.78 is 11.4. The maximum Gasteiger partial charge on any atom is 0.152 e. The van der Waals surface area contributed by atoms with Gasteiger partial charge in [-0.05, 0) is 25.9 Å². The highest BCUT2D eigenvalue weighted by molar-refractivity contribution is 8.00. The van der Waals surface area contributed by atoms with Crippen molar-refractivity contribution in [3.63, 3.8) is 0 Å². The molecule has 6 nitrogen and oxygen atoms in total. The van der Waals surface area contributed by atoms with Crippen LogP contribution in [-0.2, 0) is 9.47 Å². The van der Waals surface area contributed by atoms with Crippen LogP contribution in [0.3, 0.4) is 0 Å². The molecule has 0 aliphatic carbocycles. The molecule has 0 bridgehead atoms. The highest BCUT2D eigenvalue weighted by Crippen LogP contribution is 2.41. The summed E-state index contributed by atoms with van der Waals surface area (Å²) in [5.41, 5.74) is 0. The summed E-state index contributed by atoms with van der Waals surface area (Å²) in [4.78, 5) is 8.17. The van der Waals surface area contributed by atoms with E-state index in [1.807, 2.05) is 0 Å². The Balaban J connectivity index is 1.64. The number of morpholine rings is 2. The van der Waals surface area contributed by atoms with Crippen molar-refractivity contribution in [2.24, 2.45) is 0 Å². The fourth-order valence-electron chi connectivity index (χ4n) is 4.65. The van der Waals surface area contributed by atoms with Crippen LogP contribution in [0.5, 0.6) is 0 Å². The first-order chi connectivity index (χ1) is 11.9. The van der Waals surface area contributed by atoms with Gasteiger partial charge in [0, 0.05) is 38.5 Å². The van der Waals surface area contributed by atoms with E-state index in [9.17, 15) is 0 Å². The molecule has 1 unspecified atom stereocenters. The third kappa shape index (κ3) is 3.37. The van der Waals surface area contributed by atoms with Crippen LogP contribution < -0.4 is 5.32 Å². The van der Waals surface area contributed by atoms with Gasteiger partial charge >= 0.3 is 0 Å². The summed E-state index contributed by atoms with van der Waals surface area (Å²) in [5.74, 6) is 1.18. The maximum absolute atomic E-state index is 5.68. The Morgan fingerprint density at radius 1 is 0.792 bits per heavy atom. The van der Waals surface area contributed by atoms with Gasteiger partial charge in [0.2, 0.25) is 0 Å². The van der Waals surface area contributed by atoms with Crippen molar-refractivity contribution in [3.8, 4) is 0 Å². The Labute approximate surface area is 150 Å². The lowest BCUT2D eigenvalue weighted by Gasteiger charge is -2.60. The van der Waals surface area contributed by atoms with Crippen LogP contribution in [-0.4, -0.2) is 104 Å². The Bertz CT molecular complexity index is 378. The van der Waals surface area contributed by atoms with E-state index in [-0.39, 0.29) is 4.99 Å². The van der Waals surface area contributed by atoms with Crippen LogP contribution in [0.2, 0.25) is 0 Å². The number of ether oxygens (including phenoxy) is 2. The first-order valence-corrected chi connectivity index (χ1v) is 10.7. The summed E-state index contributed by atoms with van der Waals surface area (Å²) in [5, 5.41) is 3.91. The zero-order valence-electron chi connectivity index (χ0n) is 14.8. The summed E-state index contributed by atoms with van der Waals surface area (Å²) >= 11 is 2.16. The minimum absolute atomic E-state index is 0.0309.